The normalized spacial score (nSPS) is 10.1. The Bertz CT molecular complexity index is 532. The molecule has 1 aromatic heterocycles. The molecule has 0 saturated carbocycles. The van der Waals surface area contributed by atoms with Gasteiger partial charge in [0, 0.05) is 11.8 Å². The van der Waals surface area contributed by atoms with Crippen molar-refractivity contribution in [3.8, 4) is 0 Å². The third-order valence-corrected chi connectivity index (χ3v) is 2.75. The van der Waals surface area contributed by atoms with Gasteiger partial charge in [0.2, 0.25) is 0 Å². The topological polar surface area (TPSA) is 75.9 Å². The van der Waals surface area contributed by atoms with Gasteiger partial charge in [-0.25, -0.2) is 15.8 Å². The van der Waals surface area contributed by atoms with E-state index >= 15 is 0 Å². The van der Waals surface area contributed by atoms with Crippen molar-refractivity contribution in [2.45, 2.75) is 0 Å². The number of hydrazine groups is 1. The quantitative estimate of drug-likeness (QED) is 0.590. The molecular weight excluding hydrogens is 261 g/mol. The first-order valence-electron chi connectivity index (χ1n) is 4.70. The summed E-state index contributed by atoms with van der Waals surface area (Å²) in [6.45, 7) is 0. The Balaban J connectivity index is 2.22. The van der Waals surface area contributed by atoms with Crippen LogP contribution in [-0.4, -0.2) is 9.97 Å². The van der Waals surface area contributed by atoms with Crippen molar-refractivity contribution in [1.29, 1.82) is 0 Å². The van der Waals surface area contributed by atoms with Crippen molar-refractivity contribution < 1.29 is 0 Å². The van der Waals surface area contributed by atoms with Crippen molar-refractivity contribution >= 4 is 40.5 Å². The molecule has 7 heteroatoms. The van der Waals surface area contributed by atoms with Crippen LogP contribution in [0.3, 0.4) is 0 Å². The Labute approximate surface area is 108 Å². The minimum absolute atomic E-state index is 0.475. The largest absolute Gasteiger partial charge is 0.340 e. The second-order valence-corrected chi connectivity index (χ2v) is 4.00. The van der Waals surface area contributed by atoms with Gasteiger partial charge >= 0.3 is 0 Å². The highest BCUT2D eigenvalue weighted by molar-refractivity contribution is 6.42. The van der Waals surface area contributed by atoms with Crippen LogP contribution in [0.4, 0.5) is 17.3 Å². The third-order valence-electron chi connectivity index (χ3n) is 2.01. The highest BCUT2D eigenvalue weighted by Crippen LogP contribution is 2.26. The molecule has 0 fully saturated rings. The number of rotatable bonds is 3. The second-order valence-electron chi connectivity index (χ2n) is 3.19. The fourth-order valence-corrected chi connectivity index (χ4v) is 1.52. The van der Waals surface area contributed by atoms with Gasteiger partial charge in [0.05, 0.1) is 10.0 Å². The lowest BCUT2D eigenvalue weighted by Crippen LogP contribution is -2.09. The first kappa shape index (κ1) is 11.9. The third kappa shape index (κ3) is 2.97. The number of anilines is 3. The summed E-state index contributed by atoms with van der Waals surface area (Å²) in [7, 11) is 0. The molecule has 1 heterocycles. The molecule has 1 aromatic carbocycles. The summed E-state index contributed by atoms with van der Waals surface area (Å²) in [5, 5.41) is 4.04. The summed E-state index contributed by atoms with van der Waals surface area (Å²) in [5.41, 5.74) is 3.21. The average Bonchev–Trinajstić information content (AvgIpc) is 2.34. The molecule has 0 atom stereocenters. The summed E-state index contributed by atoms with van der Waals surface area (Å²) in [6.07, 6.45) is 1.40. The number of aromatic nitrogens is 2. The van der Waals surface area contributed by atoms with Crippen molar-refractivity contribution in [2.75, 3.05) is 10.7 Å². The van der Waals surface area contributed by atoms with Crippen molar-refractivity contribution in [2.24, 2.45) is 5.84 Å². The van der Waals surface area contributed by atoms with Crippen LogP contribution in [0.5, 0.6) is 0 Å². The summed E-state index contributed by atoms with van der Waals surface area (Å²) in [4.78, 5) is 7.94. The van der Waals surface area contributed by atoms with E-state index in [9.17, 15) is 0 Å². The molecule has 0 aliphatic carbocycles. The van der Waals surface area contributed by atoms with Gasteiger partial charge in [-0.2, -0.15) is 0 Å². The van der Waals surface area contributed by atoms with Crippen LogP contribution in [-0.2, 0) is 0 Å². The van der Waals surface area contributed by atoms with Gasteiger partial charge in [-0.15, -0.1) is 0 Å². The van der Waals surface area contributed by atoms with E-state index in [-0.39, 0.29) is 0 Å². The molecule has 0 radical (unpaired) electrons. The Morgan fingerprint density at radius 3 is 2.47 bits per heavy atom. The smallest absolute Gasteiger partial charge is 0.145 e. The number of nitrogens with two attached hydrogens (primary N) is 1. The molecule has 2 aromatic rings. The maximum absolute atomic E-state index is 5.90. The summed E-state index contributed by atoms with van der Waals surface area (Å²) >= 11 is 11.7. The van der Waals surface area contributed by atoms with Crippen LogP contribution in [0.2, 0.25) is 10.0 Å². The van der Waals surface area contributed by atoms with Crippen LogP contribution in [0.25, 0.3) is 0 Å². The SMILES string of the molecule is NNc1cc(Nc2ccc(Cl)c(Cl)c2)ncn1. The standard InChI is InChI=1S/C10H9Cl2N5/c11-7-2-1-6(3-8(7)12)16-9-4-10(17-13)15-5-14-9/h1-5H,13H2,(H2,14,15,16,17). The van der Waals surface area contributed by atoms with E-state index in [1.165, 1.54) is 6.33 Å². The van der Waals surface area contributed by atoms with Gasteiger partial charge in [0.15, 0.2) is 0 Å². The molecule has 0 aliphatic rings. The molecule has 0 spiro atoms. The molecule has 17 heavy (non-hydrogen) atoms. The Morgan fingerprint density at radius 2 is 1.76 bits per heavy atom. The van der Waals surface area contributed by atoms with Crippen molar-refractivity contribution in [3.63, 3.8) is 0 Å². The molecule has 0 aliphatic heterocycles. The van der Waals surface area contributed by atoms with E-state index in [1.54, 1.807) is 24.3 Å². The number of hydrogen-bond donors (Lipinski definition) is 3. The lowest BCUT2D eigenvalue weighted by Gasteiger charge is -2.07. The minimum Gasteiger partial charge on any atom is -0.340 e. The maximum Gasteiger partial charge on any atom is 0.145 e. The molecule has 0 saturated heterocycles. The van der Waals surface area contributed by atoms with E-state index in [1.807, 2.05) is 0 Å². The summed E-state index contributed by atoms with van der Waals surface area (Å²) in [5.74, 6) is 6.37. The fourth-order valence-electron chi connectivity index (χ4n) is 1.23. The zero-order valence-electron chi connectivity index (χ0n) is 8.61. The lowest BCUT2D eigenvalue weighted by molar-refractivity contribution is 1.14. The fraction of sp³-hybridized carbons (Fsp3) is 0. The predicted molar refractivity (Wildman–Crippen MR) is 69.6 cm³/mol. The van der Waals surface area contributed by atoms with E-state index in [2.05, 4.69) is 20.7 Å². The second kappa shape index (κ2) is 5.18. The highest BCUT2D eigenvalue weighted by Gasteiger charge is 2.01. The van der Waals surface area contributed by atoms with Crippen LogP contribution in [0.15, 0.2) is 30.6 Å². The summed E-state index contributed by atoms with van der Waals surface area (Å²) in [6, 6.07) is 6.88. The minimum atomic E-state index is 0.475. The monoisotopic (exact) mass is 269 g/mol. The molecule has 88 valence electrons. The van der Waals surface area contributed by atoms with E-state index in [0.717, 1.165) is 5.69 Å². The van der Waals surface area contributed by atoms with Crippen LogP contribution in [0, 0.1) is 0 Å². The van der Waals surface area contributed by atoms with Gasteiger partial charge in [-0.3, -0.25) is 0 Å². The van der Waals surface area contributed by atoms with Crippen molar-refractivity contribution in [3.05, 3.63) is 40.6 Å². The Kier molecular flexibility index (Phi) is 3.63. The highest BCUT2D eigenvalue weighted by atomic mass is 35.5. The lowest BCUT2D eigenvalue weighted by atomic mass is 10.3. The number of nitrogens with zero attached hydrogens (tertiary/aromatic N) is 2. The van der Waals surface area contributed by atoms with E-state index in [0.29, 0.717) is 21.7 Å². The predicted octanol–water partition coefficient (Wildman–Crippen LogP) is 2.81. The first-order valence-corrected chi connectivity index (χ1v) is 5.45. The number of benzene rings is 1. The number of hydrogen-bond acceptors (Lipinski definition) is 5. The Morgan fingerprint density at radius 1 is 1.00 bits per heavy atom. The first-order chi connectivity index (χ1) is 8.19. The molecule has 0 unspecified atom stereocenters. The number of nitrogen functional groups attached to an aromatic ring is 1. The molecular formula is C10H9Cl2N5. The molecule has 0 amide bonds. The van der Waals surface area contributed by atoms with Gasteiger partial charge in [-0.05, 0) is 18.2 Å². The van der Waals surface area contributed by atoms with Crippen LogP contribution in [0.1, 0.15) is 0 Å². The number of nitrogens with one attached hydrogen (secondary N) is 2. The van der Waals surface area contributed by atoms with Gasteiger partial charge in [0.1, 0.15) is 18.0 Å². The molecule has 2 rings (SSSR count). The molecule has 5 nitrogen and oxygen atoms in total. The zero-order chi connectivity index (χ0) is 12.3. The van der Waals surface area contributed by atoms with E-state index in [4.69, 9.17) is 29.0 Å². The molecule has 0 bridgehead atoms. The molecule has 4 N–H and O–H groups in total. The summed E-state index contributed by atoms with van der Waals surface area (Å²) < 4.78 is 0. The van der Waals surface area contributed by atoms with Gasteiger partial charge < -0.3 is 10.7 Å². The maximum atomic E-state index is 5.90. The van der Waals surface area contributed by atoms with Crippen molar-refractivity contribution in [1.82, 2.24) is 9.97 Å². The zero-order valence-corrected chi connectivity index (χ0v) is 10.1. The van der Waals surface area contributed by atoms with Crippen LogP contribution >= 0.6 is 23.2 Å². The van der Waals surface area contributed by atoms with Gasteiger partial charge in [0.25, 0.3) is 0 Å². The van der Waals surface area contributed by atoms with Gasteiger partial charge in [-0.1, -0.05) is 23.2 Å². The number of halogens is 2. The Hall–Kier alpha value is -1.56. The van der Waals surface area contributed by atoms with E-state index < -0.39 is 0 Å². The average molecular weight is 270 g/mol. The van der Waals surface area contributed by atoms with Crippen LogP contribution < -0.4 is 16.6 Å².